The van der Waals surface area contributed by atoms with E-state index >= 15 is 0 Å². The molecule has 0 aromatic heterocycles. The van der Waals surface area contributed by atoms with Gasteiger partial charge in [-0.3, -0.25) is 9.59 Å². The van der Waals surface area contributed by atoms with Crippen LogP contribution >= 0.6 is 0 Å². The maximum Gasteiger partial charge on any atom is 0.335 e. The lowest BCUT2D eigenvalue weighted by atomic mass is 10.1. The van der Waals surface area contributed by atoms with E-state index < -0.39 is 5.97 Å². The molecule has 0 unspecified atom stereocenters. The largest absolute Gasteiger partial charge is 0.478 e. The Hall–Kier alpha value is -3.15. The fourth-order valence-corrected chi connectivity index (χ4v) is 2.68. The van der Waals surface area contributed by atoms with Crippen LogP contribution in [-0.4, -0.2) is 28.9 Å². The fraction of sp³-hybridized carbons (Fsp3) is 0.286. The Morgan fingerprint density at radius 2 is 1.70 bits per heavy atom. The van der Waals surface area contributed by atoms with Crippen molar-refractivity contribution < 1.29 is 19.5 Å². The Morgan fingerprint density at radius 3 is 2.33 bits per heavy atom. The number of anilines is 1. The number of nitrogens with one attached hydrogen (secondary N) is 2. The average molecular weight is 366 g/mol. The lowest BCUT2D eigenvalue weighted by Crippen LogP contribution is -2.25. The maximum atomic E-state index is 12.3. The van der Waals surface area contributed by atoms with Crippen LogP contribution in [0.3, 0.4) is 0 Å². The van der Waals surface area contributed by atoms with E-state index in [2.05, 4.69) is 10.6 Å². The molecule has 3 rings (SSSR count). The number of amides is 2. The Kier molecular flexibility index (Phi) is 5.54. The summed E-state index contributed by atoms with van der Waals surface area (Å²) in [6.07, 6.45) is 2.82. The van der Waals surface area contributed by atoms with Crippen molar-refractivity contribution in [1.29, 1.82) is 0 Å². The van der Waals surface area contributed by atoms with Gasteiger partial charge < -0.3 is 15.7 Å². The van der Waals surface area contributed by atoms with E-state index in [-0.39, 0.29) is 29.8 Å². The van der Waals surface area contributed by atoms with Crippen molar-refractivity contribution in [2.45, 2.75) is 38.6 Å². The molecule has 27 heavy (non-hydrogen) atoms. The number of aromatic carboxylic acids is 1. The van der Waals surface area contributed by atoms with Gasteiger partial charge in [0.2, 0.25) is 5.91 Å². The van der Waals surface area contributed by atoms with Crippen molar-refractivity contribution in [3.8, 4) is 0 Å². The zero-order valence-corrected chi connectivity index (χ0v) is 15.1. The second-order valence-corrected chi connectivity index (χ2v) is 6.83. The van der Waals surface area contributed by atoms with E-state index in [4.69, 9.17) is 5.11 Å². The summed E-state index contributed by atoms with van der Waals surface area (Å²) in [7, 11) is 0. The molecule has 0 heterocycles. The van der Waals surface area contributed by atoms with Gasteiger partial charge in [0.05, 0.1) is 5.56 Å². The van der Waals surface area contributed by atoms with Crippen LogP contribution in [0, 0.1) is 6.92 Å². The van der Waals surface area contributed by atoms with Crippen LogP contribution in [-0.2, 0) is 11.2 Å². The summed E-state index contributed by atoms with van der Waals surface area (Å²) < 4.78 is 0. The minimum atomic E-state index is -0.972. The highest BCUT2D eigenvalue weighted by Crippen LogP contribution is 2.21. The molecule has 0 atom stereocenters. The number of carbonyl (C=O) groups is 3. The standard InChI is InChI=1S/C21H22N2O4/c1-13-2-6-16(20(25)22-17-9-10-17)12-18(13)23-19(24)11-5-14-3-7-15(8-4-14)21(26)27/h2-4,6-8,12,17H,5,9-11H2,1H3,(H,22,25)(H,23,24)(H,26,27). The average Bonchev–Trinajstić information content (AvgIpc) is 3.46. The predicted octanol–water partition coefficient (Wildman–Crippen LogP) is 3.16. The maximum absolute atomic E-state index is 12.3. The van der Waals surface area contributed by atoms with Crippen LogP contribution in [0.4, 0.5) is 5.69 Å². The molecule has 1 aliphatic carbocycles. The Balaban J connectivity index is 1.58. The molecular weight excluding hydrogens is 344 g/mol. The molecule has 2 aromatic carbocycles. The fourth-order valence-electron chi connectivity index (χ4n) is 2.68. The normalized spacial score (nSPS) is 13.1. The second-order valence-electron chi connectivity index (χ2n) is 6.83. The van der Waals surface area contributed by atoms with Crippen molar-refractivity contribution in [2.75, 3.05) is 5.32 Å². The van der Waals surface area contributed by atoms with E-state index in [1.807, 2.05) is 13.0 Å². The zero-order valence-electron chi connectivity index (χ0n) is 15.1. The first kappa shape index (κ1) is 18.6. The van der Waals surface area contributed by atoms with Crippen LogP contribution < -0.4 is 10.6 Å². The highest BCUT2D eigenvalue weighted by Gasteiger charge is 2.24. The van der Waals surface area contributed by atoms with Crippen molar-refractivity contribution in [3.05, 3.63) is 64.7 Å². The Morgan fingerprint density at radius 1 is 1.04 bits per heavy atom. The highest BCUT2D eigenvalue weighted by atomic mass is 16.4. The van der Waals surface area contributed by atoms with Gasteiger partial charge in [0.1, 0.15) is 0 Å². The van der Waals surface area contributed by atoms with Gasteiger partial charge in [-0.2, -0.15) is 0 Å². The predicted molar refractivity (Wildman–Crippen MR) is 102 cm³/mol. The molecule has 140 valence electrons. The summed E-state index contributed by atoms with van der Waals surface area (Å²) in [6.45, 7) is 1.88. The third kappa shape index (κ3) is 5.17. The summed E-state index contributed by atoms with van der Waals surface area (Å²) in [4.78, 5) is 35.3. The lowest BCUT2D eigenvalue weighted by Gasteiger charge is -2.11. The molecule has 2 aromatic rings. The molecule has 0 saturated heterocycles. The summed E-state index contributed by atoms with van der Waals surface area (Å²) in [5.74, 6) is -1.24. The molecule has 0 radical (unpaired) electrons. The Labute approximate surface area is 157 Å². The molecule has 6 nitrogen and oxygen atoms in total. The minimum Gasteiger partial charge on any atom is -0.478 e. The van der Waals surface area contributed by atoms with Gasteiger partial charge in [0, 0.05) is 23.7 Å². The number of aryl methyl sites for hydroxylation is 2. The topological polar surface area (TPSA) is 95.5 Å². The first-order valence-electron chi connectivity index (χ1n) is 8.96. The van der Waals surface area contributed by atoms with Gasteiger partial charge >= 0.3 is 5.97 Å². The van der Waals surface area contributed by atoms with E-state index in [1.165, 1.54) is 12.1 Å². The van der Waals surface area contributed by atoms with Crippen molar-refractivity contribution in [2.24, 2.45) is 0 Å². The number of carbonyl (C=O) groups excluding carboxylic acids is 2. The SMILES string of the molecule is Cc1ccc(C(=O)NC2CC2)cc1NC(=O)CCc1ccc(C(=O)O)cc1. The molecule has 1 fully saturated rings. The van der Waals surface area contributed by atoms with Crippen LogP contribution in [0.1, 0.15) is 51.1 Å². The molecule has 1 aliphatic rings. The zero-order chi connectivity index (χ0) is 19.4. The monoisotopic (exact) mass is 366 g/mol. The summed E-state index contributed by atoms with van der Waals surface area (Å²) in [5, 5.41) is 14.7. The van der Waals surface area contributed by atoms with Gasteiger partial charge in [-0.1, -0.05) is 18.2 Å². The van der Waals surface area contributed by atoms with Gasteiger partial charge in [-0.05, 0) is 61.6 Å². The first-order chi connectivity index (χ1) is 12.9. The quantitative estimate of drug-likeness (QED) is 0.701. The second kappa shape index (κ2) is 8.03. The van der Waals surface area contributed by atoms with Crippen LogP contribution in [0.2, 0.25) is 0 Å². The van der Waals surface area contributed by atoms with E-state index in [1.54, 1.807) is 24.3 Å². The van der Waals surface area contributed by atoms with Crippen molar-refractivity contribution in [1.82, 2.24) is 5.32 Å². The smallest absolute Gasteiger partial charge is 0.335 e. The van der Waals surface area contributed by atoms with Crippen LogP contribution in [0.5, 0.6) is 0 Å². The van der Waals surface area contributed by atoms with Crippen LogP contribution in [0.25, 0.3) is 0 Å². The molecule has 0 bridgehead atoms. The van der Waals surface area contributed by atoms with E-state index in [0.29, 0.717) is 17.7 Å². The summed E-state index contributed by atoms with van der Waals surface area (Å²) in [6, 6.07) is 12.0. The Bertz CT molecular complexity index is 870. The third-order valence-corrected chi connectivity index (χ3v) is 4.53. The first-order valence-corrected chi connectivity index (χ1v) is 8.96. The van der Waals surface area contributed by atoms with Gasteiger partial charge in [0.15, 0.2) is 0 Å². The number of carboxylic acid groups (broad SMARTS) is 1. The molecule has 0 spiro atoms. The van der Waals surface area contributed by atoms with Crippen LogP contribution in [0.15, 0.2) is 42.5 Å². The minimum absolute atomic E-state index is 0.119. The lowest BCUT2D eigenvalue weighted by molar-refractivity contribution is -0.116. The van der Waals surface area contributed by atoms with Crippen molar-refractivity contribution in [3.63, 3.8) is 0 Å². The van der Waals surface area contributed by atoms with Gasteiger partial charge in [-0.15, -0.1) is 0 Å². The molecule has 6 heteroatoms. The van der Waals surface area contributed by atoms with Gasteiger partial charge in [-0.25, -0.2) is 4.79 Å². The summed E-state index contributed by atoms with van der Waals surface area (Å²) in [5.41, 5.74) is 3.17. The highest BCUT2D eigenvalue weighted by molar-refractivity contribution is 5.98. The molecule has 3 N–H and O–H groups in total. The molecule has 0 aliphatic heterocycles. The summed E-state index contributed by atoms with van der Waals surface area (Å²) >= 11 is 0. The van der Waals surface area contributed by atoms with Gasteiger partial charge in [0.25, 0.3) is 5.91 Å². The molecule has 1 saturated carbocycles. The number of hydrogen-bond acceptors (Lipinski definition) is 3. The van der Waals surface area contributed by atoms with Crippen molar-refractivity contribution >= 4 is 23.5 Å². The van der Waals surface area contributed by atoms with E-state index in [0.717, 1.165) is 24.0 Å². The number of rotatable bonds is 7. The molecular formula is C21H22N2O4. The van der Waals surface area contributed by atoms with E-state index in [9.17, 15) is 14.4 Å². The molecule has 2 amide bonds. The third-order valence-electron chi connectivity index (χ3n) is 4.53. The number of carboxylic acids is 1. The number of benzene rings is 2. The number of hydrogen-bond donors (Lipinski definition) is 3.